The first-order valence-corrected chi connectivity index (χ1v) is 16.6. The molecule has 0 radical (unpaired) electrons. The third-order valence-electron chi connectivity index (χ3n) is 9.19. The highest BCUT2D eigenvalue weighted by molar-refractivity contribution is 6.40. The van der Waals surface area contributed by atoms with Crippen LogP contribution in [0.15, 0.2) is 42.7 Å². The molecule has 3 aliphatic rings. The first kappa shape index (κ1) is 33.3. The van der Waals surface area contributed by atoms with Crippen molar-refractivity contribution < 1.29 is 33.8 Å². The third kappa shape index (κ3) is 6.85. The van der Waals surface area contributed by atoms with E-state index in [9.17, 15) is 24.3 Å². The number of anilines is 2. The number of carbonyl (C=O) groups is 4. The molecule has 2 aromatic heterocycles. The molecule has 3 atom stereocenters. The second kappa shape index (κ2) is 13.5. The molecule has 6 rings (SSSR count). The Morgan fingerprint density at radius 3 is 2.42 bits per heavy atom. The van der Waals surface area contributed by atoms with Crippen LogP contribution in [0.4, 0.5) is 21.1 Å². The normalized spacial score (nSPS) is 22.2. The van der Waals surface area contributed by atoms with E-state index in [1.807, 2.05) is 30.3 Å². The van der Waals surface area contributed by atoms with Gasteiger partial charge >= 0.3 is 24.0 Å². The molecule has 3 unspecified atom stereocenters. The summed E-state index contributed by atoms with van der Waals surface area (Å²) in [7, 11) is 0. The van der Waals surface area contributed by atoms with E-state index in [1.165, 1.54) is 23.5 Å². The summed E-state index contributed by atoms with van der Waals surface area (Å²) in [5, 5.41) is 17.6. The van der Waals surface area contributed by atoms with E-state index in [-0.39, 0.29) is 34.5 Å². The van der Waals surface area contributed by atoms with Gasteiger partial charge in [-0.1, -0.05) is 36.8 Å². The van der Waals surface area contributed by atoms with Gasteiger partial charge in [-0.2, -0.15) is 10.00 Å². The van der Waals surface area contributed by atoms with Crippen molar-refractivity contribution in [1.29, 1.82) is 0 Å². The predicted octanol–water partition coefficient (Wildman–Crippen LogP) is 5.31. The maximum Gasteiger partial charge on any atom is 0.425 e. The van der Waals surface area contributed by atoms with Gasteiger partial charge in [-0.25, -0.2) is 19.3 Å². The van der Waals surface area contributed by atoms with Crippen molar-refractivity contribution in [1.82, 2.24) is 24.6 Å². The average Bonchev–Trinajstić information content (AvgIpc) is 3.48. The van der Waals surface area contributed by atoms with Crippen LogP contribution in [0.5, 0.6) is 0 Å². The number of nitrogens with one attached hydrogen (secondary N) is 1. The Morgan fingerprint density at radius 1 is 1.04 bits per heavy atom. The molecular weight excluding hydrogens is 618 g/mol. The van der Waals surface area contributed by atoms with Gasteiger partial charge < -0.3 is 24.8 Å². The number of imide groups is 1. The van der Waals surface area contributed by atoms with E-state index in [1.54, 1.807) is 25.7 Å². The van der Waals surface area contributed by atoms with Crippen LogP contribution in [0.1, 0.15) is 84.1 Å². The van der Waals surface area contributed by atoms with Gasteiger partial charge in [0.2, 0.25) is 0 Å². The largest absolute Gasteiger partial charge is 0.464 e. The molecule has 0 bridgehead atoms. The zero-order valence-corrected chi connectivity index (χ0v) is 27.8. The second-order valence-electron chi connectivity index (χ2n) is 13.8. The number of amides is 4. The van der Waals surface area contributed by atoms with Crippen LogP contribution >= 0.6 is 0 Å². The molecule has 256 valence electrons. The van der Waals surface area contributed by atoms with Gasteiger partial charge in [0.05, 0.1) is 23.3 Å². The molecule has 0 spiro atoms. The van der Waals surface area contributed by atoms with E-state index >= 15 is 0 Å². The minimum absolute atomic E-state index is 0.0701. The van der Waals surface area contributed by atoms with Crippen molar-refractivity contribution in [3.8, 4) is 0 Å². The zero-order valence-electron chi connectivity index (χ0n) is 27.8. The average molecular weight is 662 g/mol. The summed E-state index contributed by atoms with van der Waals surface area (Å²) in [6.45, 7) is 8.48. The maximum atomic E-state index is 13.9. The molecule has 4 heterocycles. The molecular formula is C34H43N7O7. The summed E-state index contributed by atoms with van der Waals surface area (Å²) >= 11 is 0. The Hall–Kier alpha value is -4.56. The smallest absolute Gasteiger partial charge is 0.425 e. The molecule has 2 N–H and O–H groups in total. The SMILES string of the molecule is CC1CN(C(=O)C(=O)Nc2cnc(N(C(=O)O)C(=O)OC(C)(C)C)c3cn(C4CCCCO4)nc23)C(c2ccccc2)CN1C1CCC1. The number of aromatic nitrogens is 3. The maximum absolute atomic E-state index is 13.9. The predicted molar refractivity (Wildman–Crippen MR) is 176 cm³/mol. The molecule has 3 fully saturated rings. The van der Waals surface area contributed by atoms with Crippen LogP contribution in [0, 0.1) is 0 Å². The van der Waals surface area contributed by atoms with Gasteiger partial charge in [-0.15, -0.1) is 0 Å². The van der Waals surface area contributed by atoms with Crippen molar-refractivity contribution in [2.75, 3.05) is 29.9 Å². The molecule has 14 nitrogen and oxygen atoms in total. The number of pyridine rings is 1. The number of benzene rings is 1. The van der Waals surface area contributed by atoms with Gasteiger partial charge in [-0.05, 0) is 65.4 Å². The van der Waals surface area contributed by atoms with Crippen LogP contribution in [0.3, 0.4) is 0 Å². The molecule has 1 saturated carbocycles. The zero-order chi connectivity index (χ0) is 34.2. The van der Waals surface area contributed by atoms with E-state index in [0.29, 0.717) is 37.1 Å². The lowest BCUT2D eigenvalue weighted by atomic mass is 9.88. The van der Waals surface area contributed by atoms with Crippen LogP contribution in [0.25, 0.3) is 10.9 Å². The molecule has 1 aliphatic carbocycles. The summed E-state index contributed by atoms with van der Waals surface area (Å²) in [4.78, 5) is 61.9. The Morgan fingerprint density at radius 2 is 1.79 bits per heavy atom. The van der Waals surface area contributed by atoms with Crippen molar-refractivity contribution >= 4 is 46.4 Å². The number of fused-ring (bicyclic) bond motifs is 1. The fourth-order valence-corrected chi connectivity index (χ4v) is 6.64. The van der Waals surface area contributed by atoms with Gasteiger partial charge in [0.25, 0.3) is 0 Å². The molecule has 1 aromatic carbocycles. The molecule has 2 aliphatic heterocycles. The van der Waals surface area contributed by atoms with Crippen LogP contribution in [-0.4, -0.2) is 91.1 Å². The highest BCUT2D eigenvalue weighted by atomic mass is 16.6. The highest BCUT2D eigenvalue weighted by Gasteiger charge is 2.41. The highest BCUT2D eigenvalue weighted by Crippen LogP contribution is 2.36. The summed E-state index contributed by atoms with van der Waals surface area (Å²) in [5.41, 5.74) is 0.212. The van der Waals surface area contributed by atoms with Crippen molar-refractivity contribution in [2.45, 2.75) is 96.2 Å². The lowest BCUT2D eigenvalue weighted by Crippen LogP contribution is -2.60. The number of rotatable bonds is 5. The van der Waals surface area contributed by atoms with Gasteiger partial charge in [0.15, 0.2) is 5.82 Å². The monoisotopic (exact) mass is 661 g/mol. The fraction of sp³-hybridized carbons (Fsp3) is 0.529. The minimum atomic E-state index is -1.60. The Balaban J connectivity index is 1.33. The number of piperazine rings is 1. The molecule has 2 saturated heterocycles. The van der Waals surface area contributed by atoms with E-state index in [2.05, 4.69) is 27.2 Å². The van der Waals surface area contributed by atoms with Crippen LogP contribution in [-0.2, 0) is 19.1 Å². The number of hydrogen-bond acceptors (Lipinski definition) is 9. The van der Waals surface area contributed by atoms with Gasteiger partial charge in [0.1, 0.15) is 17.3 Å². The Bertz CT molecular complexity index is 1680. The van der Waals surface area contributed by atoms with Crippen molar-refractivity contribution in [3.63, 3.8) is 0 Å². The fourth-order valence-electron chi connectivity index (χ4n) is 6.64. The van der Waals surface area contributed by atoms with E-state index in [0.717, 1.165) is 31.2 Å². The number of carboxylic acid groups (broad SMARTS) is 1. The molecule has 4 amide bonds. The van der Waals surface area contributed by atoms with E-state index in [4.69, 9.17) is 9.47 Å². The Labute approximate surface area is 279 Å². The third-order valence-corrected chi connectivity index (χ3v) is 9.19. The van der Waals surface area contributed by atoms with Gasteiger partial charge in [0, 0.05) is 38.0 Å². The summed E-state index contributed by atoms with van der Waals surface area (Å²) in [5.74, 6) is -1.82. The topological polar surface area (TPSA) is 159 Å². The first-order valence-electron chi connectivity index (χ1n) is 16.6. The number of nitrogens with zero attached hydrogens (tertiary/aromatic N) is 6. The molecule has 3 aromatic rings. The number of carbonyl (C=O) groups excluding carboxylic acids is 3. The van der Waals surface area contributed by atoms with Crippen LogP contribution in [0.2, 0.25) is 0 Å². The van der Waals surface area contributed by atoms with Crippen molar-refractivity contribution in [3.05, 3.63) is 48.3 Å². The summed E-state index contributed by atoms with van der Waals surface area (Å²) < 4.78 is 12.8. The number of hydrogen-bond donors (Lipinski definition) is 2. The lowest BCUT2D eigenvalue weighted by Gasteiger charge is -2.50. The van der Waals surface area contributed by atoms with Gasteiger partial charge in [-0.3, -0.25) is 14.5 Å². The summed E-state index contributed by atoms with van der Waals surface area (Å²) in [6.07, 6.45) is 5.48. The lowest BCUT2D eigenvalue weighted by molar-refractivity contribution is -0.149. The molecule has 48 heavy (non-hydrogen) atoms. The van der Waals surface area contributed by atoms with E-state index < -0.39 is 35.8 Å². The quantitative estimate of drug-likeness (QED) is 0.343. The second-order valence-corrected chi connectivity index (χ2v) is 13.8. The summed E-state index contributed by atoms with van der Waals surface area (Å²) in [6, 6.07) is 9.96. The number of ether oxygens (including phenoxy) is 2. The minimum Gasteiger partial charge on any atom is -0.464 e. The Kier molecular flexibility index (Phi) is 9.39. The molecule has 14 heteroatoms. The van der Waals surface area contributed by atoms with Crippen molar-refractivity contribution in [2.24, 2.45) is 0 Å². The van der Waals surface area contributed by atoms with Crippen LogP contribution < -0.4 is 10.2 Å². The first-order chi connectivity index (χ1) is 22.9. The standard InChI is InChI=1S/C34H43N7O7/c1-21-18-39(26(22-11-6-5-7-12-22)20-38(21)23-13-10-14-23)31(43)30(42)36-25-17-35-29(41(32(44)45)33(46)48-34(2,3)4)24-19-40(37-28(24)25)27-15-8-9-16-47-27/h5-7,11-12,17,19,21,23,26-27H,8-10,13-16,18,20H2,1-4H3,(H,36,42)(H,44,45).